The van der Waals surface area contributed by atoms with Crippen molar-refractivity contribution in [2.24, 2.45) is 0 Å². The first kappa shape index (κ1) is 19.3. The summed E-state index contributed by atoms with van der Waals surface area (Å²) in [5.41, 5.74) is 1.87. The average molecular weight is 381 g/mol. The second-order valence-corrected chi connectivity index (χ2v) is 8.06. The van der Waals surface area contributed by atoms with Crippen LogP contribution in [0.3, 0.4) is 0 Å². The number of hydrogen-bond donors (Lipinski definition) is 1. The predicted molar refractivity (Wildman–Crippen MR) is 103 cm³/mol. The van der Waals surface area contributed by atoms with Crippen molar-refractivity contribution in [1.82, 2.24) is 0 Å². The fraction of sp³-hybridized carbons (Fsp3) is 0.278. The number of para-hydroxylation sites is 1. The Bertz CT molecular complexity index is 854. The van der Waals surface area contributed by atoms with Crippen molar-refractivity contribution in [2.45, 2.75) is 26.3 Å². The molecule has 134 valence electrons. The first-order chi connectivity index (χ1) is 11.7. The summed E-state index contributed by atoms with van der Waals surface area (Å²) in [5, 5.41) is 3.29. The highest BCUT2D eigenvalue weighted by atomic mass is 35.5. The Kier molecular flexibility index (Phi) is 6.08. The number of anilines is 2. The molecular weight excluding hydrogens is 360 g/mol. The van der Waals surface area contributed by atoms with E-state index in [2.05, 4.69) is 5.32 Å². The Morgan fingerprint density at radius 3 is 2.40 bits per heavy atom. The molecule has 0 aromatic heterocycles. The molecule has 0 aliphatic rings. The number of halogens is 1. The van der Waals surface area contributed by atoms with Gasteiger partial charge in [0, 0.05) is 10.7 Å². The molecule has 0 heterocycles. The van der Waals surface area contributed by atoms with Crippen LogP contribution in [-0.4, -0.2) is 26.6 Å². The zero-order valence-electron chi connectivity index (χ0n) is 14.4. The Labute approximate surface area is 153 Å². The molecule has 0 radical (unpaired) electrons. The van der Waals surface area contributed by atoms with E-state index < -0.39 is 22.0 Å². The topological polar surface area (TPSA) is 66.5 Å². The van der Waals surface area contributed by atoms with Crippen LogP contribution in [0, 0.1) is 6.92 Å². The summed E-state index contributed by atoms with van der Waals surface area (Å²) in [6.45, 7) is 3.62. The van der Waals surface area contributed by atoms with Gasteiger partial charge in [-0.15, -0.1) is 0 Å². The van der Waals surface area contributed by atoms with Crippen LogP contribution in [0.25, 0.3) is 0 Å². The number of aryl methyl sites for hydroxylation is 1. The number of carbonyl (C=O) groups excluding carboxylic acids is 1. The monoisotopic (exact) mass is 380 g/mol. The van der Waals surface area contributed by atoms with Crippen LogP contribution in [0.2, 0.25) is 5.02 Å². The SMILES string of the molecule is CC[C@H](C(=O)Nc1cc(Cl)ccc1C)N(c1ccccc1)S(C)(=O)=O. The lowest BCUT2D eigenvalue weighted by Crippen LogP contribution is -2.47. The lowest BCUT2D eigenvalue weighted by atomic mass is 10.1. The van der Waals surface area contributed by atoms with Crippen LogP contribution in [0.15, 0.2) is 48.5 Å². The molecule has 1 N–H and O–H groups in total. The third kappa shape index (κ3) is 4.74. The van der Waals surface area contributed by atoms with Gasteiger partial charge in [-0.25, -0.2) is 8.42 Å². The van der Waals surface area contributed by atoms with Crippen LogP contribution in [0.1, 0.15) is 18.9 Å². The van der Waals surface area contributed by atoms with Crippen LogP contribution in [-0.2, 0) is 14.8 Å². The lowest BCUT2D eigenvalue weighted by Gasteiger charge is -2.30. The predicted octanol–water partition coefficient (Wildman–Crippen LogP) is 3.83. The standard InChI is InChI=1S/C18H21ClN2O3S/c1-4-17(18(22)20-16-12-14(19)11-10-13(16)2)21(25(3,23)24)15-8-6-5-7-9-15/h5-12,17H,4H2,1-3H3,(H,20,22)/t17-/m1/s1. The Morgan fingerprint density at radius 1 is 1.20 bits per heavy atom. The molecule has 1 atom stereocenters. The van der Waals surface area contributed by atoms with E-state index in [4.69, 9.17) is 11.6 Å². The van der Waals surface area contributed by atoms with Crippen molar-refractivity contribution in [3.05, 3.63) is 59.1 Å². The van der Waals surface area contributed by atoms with E-state index >= 15 is 0 Å². The molecule has 0 unspecified atom stereocenters. The Morgan fingerprint density at radius 2 is 1.84 bits per heavy atom. The summed E-state index contributed by atoms with van der Waals surface area (Å²) in [5.74, 6) is -0.401. The summed E-state index contributed by atoms with van der Waals surface area (Å²) >= 11 is 5.99. The summed E-state index contributed by atoms with van der Waals surface area (Å²) in [6, 6.07) is 12.9. The van der Waals surface area contributed by atoms with Gasteiger partial charge >= 0.3 is 0 Å². The highest BCUT2D eigenvalue weighted by Gasteiger charge is 2.31. The number of sulfonamides is 1. The van der Waals surface area contributed by atoms with Gasteiger partial charge in [0.05, 0.1) is 11.9 Å². The van der Waals surface area contributed by atoms with Gasteiger partial charge in [-0.05, 0) is 43.2 Å². The van der Waals surface area contributed by atoms with Gasteiger partial charge in [0.1, 0.15) is 6.04 Å². The van der Waals surface area contributed by atoms with Crippen LogP contribution in [0.4, 0.5) is 11.4 Å². The maximum absolute atomic E-state index is 12.8. The van der Waals surface area contributed by atoms with E-state index in [0.29, 0.717) is 22.8 Å². The van der Waals surface area contributed by atoms with Crippen molar-refractivity contribution in [3.8, 4) is 0 Å². The number of benzene rings is 2. The molecule has 0 aliphatic heterocycles. The van der Waals surface area contributed by atoms with E-state index in [9.17, 15) is 13.2 Å². The number of rotatable bonds is 6. The summed E-state index contributed by atoms with van der Waals surface area (Å²) in [4.78, 5) is 12.8. The largest absolute Gasteiger partial charge is 0.324 e. The Hall–Kier alpha value is -2.05. The molecule has 0 saturated carbocycles. The van der Waals surface area contributed by atoms with E-state index in [1.165, 1.54) is 0 Å². The summed E-state index contributed by atoms with van der Waals surface area (Å²) in [6.07, 6.45) is 1.42. The lowest BCUT2D eigenvalue weighted by molar-refractivity contribution is -0.117. The molecule has 25 heavy (non-hydrogen) atoms. The number of carbonyl (C=O) groups is 1. The molecular formula is C18H21ClN2O3S. The third-order valence-electron chi connectivity index (χ3n) is 3.80. The highest BCUT2D eigenvalue weighted by molar-refractivity contribution is 7.92. The summed E-state index contributed by atoms with van der Waals surface area (Å²) < 4.78 is 25.8. The van der Waals surface area contributed by atoms with Crippen molar-refractivity contribution in [3.63, 3.8) is 0 Å². The highest BCUT2D eigenvalue weighted by Crippen LogP contribution is 2.25. The van der Waals surface area contributed by atoms with Gasteiger partial charge in [0.2, 0.25) is 15.9 Å². The number of hydrogen-bond acceptors (Lipinski definition) is 3. The minimum atomic E-state index is -3.64. The van der Waals surface area contributed by atoms with Crippen molar-refractivity contribution >= 4 is 38.9 Å². The number of nitrogens with zero attached hydrogens (tertiary/aromatic N) is 1. The van der Waals surface area contributed by atoms with Gasteiger partial charge in [-0.3, -0.25) is 9.10 Å². The first-order valence-corrected chi connectivity index (χ1v) is 10.1. The van der Waals surface area contributed by atoms with Gasteiger partial charge in [-0.1, -0.05) is 42.8 Å². The van der Waals surface area contributed by atoms with Crippen molar-refractivity contribution < 1.29 is 13.2 Å². The minimum absolute atomic E-state index is 0.327. The molecule has 2 aromatic carbocycles. The van der Waals surface area contributed by atoms with E-state index in [-0.39, 0.29) is 0 Å². The van der Waals surface area contributed by atoms with Gasteiger partial charge in [0.15, 0.2) is 0 Å². The maximum Gasteiger partial charge on any atom is 0.248 e. The zero-order valence-corrected chi connectivity index (χ0v) is 15.9. The molecule has 5 nitrogen and oxygen atoms in total. The van der Waals surface area contributed by atoms with Crippen LogP contribution >= 0.6 is 11.6 Å². The number of amides is 1. The molecule has 0 spiro atoms. The first-order valence-electron chi connectivity index (χ1n) is 7.85. The number of nitrogens with one attached hydrogen (secondary N) is 1. The fourth-order valence-corrected chi connectivity index (χ4v) is 3.96. The molecule has 2 rings (SSSR count). The molecule has 0 fully saturated rings. The van der Waals surface area contributed by atoms with Crippen LogP contribution in [0.5, 0.6) is 0 Å². The minimum Gasteiger partial charge on any atom is -0.324 e. The molecule has 1 amide bonds. The maximum atomic E-state index is 12.8. The zero-order chi connectivity index (χ0) is 18.6. The van der Waals surface area contributed by atoms with Crippen molar-refractivity contribution in [2.75, 3.05) is 15.9 Å². The molecule has 0 bridgehead atoms. The van der Waals surface area contributed by atoms with Gasteiger partial charge < -0.3 is 5.32 Å². The smallest absolute Gasteiger partial charge is 0.248 e. The molecule has 2 aromatic rings. The summed E-state index contributed by atoms with van der Waals surface area (Å²) in [7, 11) is -3.64. The van der Waals surface area contributed by atoms with Gasteiger partial charge in [0.25, 0.3) is 0 Å². The Balaban J connectivity index is 2.38. The molecule has 0 aliphatic carbocycles. The van der Waals surface area contributed by atoms with Crippen molar-refractivity contribution in [1.29, 1.82) is 0 Å². The molecule has 7 heteroatoms. The normalized spacial score (nSPS) is 12.5. The average Bonchev–Trinajstić information content (AvgIpc) is 2.55. The quantitative estimate of drug-likeness (QED) is 0.828. The van der Waals surface area contributed by atoms with Gasteiger partial charge in [-0.2, -0.15) is 0 Å². The van der Waals surface area contributed by atoms with E-state index in [1.807, 2.05) is 6.92 Å². The molecule has 0 saturated heterocycles. The van der Waals surface area contributed by atoms with Crippen LogP contribution < -0.4 is 9.62 Å². The third-order valence-corrected chi connectivity index (χ3v) is 5.21. The second kappa shape index (κ2) is 7.89. The second-order valence-electron chi connectivity index (χ2n) is 5.77. The fourth-order valence-electron chi connectivity index (χ4n) is 2.58. The van der Waals surface area contributed by atoms with E-state index in [0.717, 1.165) is 16.1 Å². The van der Waals surface area contributed by atoms with E-state index in [1.54, 1.807) is 55.5 Å².